The van der Waals surface area contributed by atoms with Crippen LogP contribution in [0.1, 0.15) is 11.1 Å². The zero-order valence-electron chi connectivity index (χ0n) is 11.3. The summed E-state index contributed by atoms with van der Waals surface area (Å²) < 4.78 is 87.3. The summed E-state index contributed by atoms with van der Waals surface area (Å²) in [6.07, 6.45) is -9.77. The number of hydrogen-bond donors (Lipinski definition) is 0. The normalized spacial score (nSPS) is 14.2. The van der Waals surface area contributed by atoms with Gasteiger partial charge in [0, 0.05) is 0 Å². The van der Waals surface area contributed by atoms with Crippen LogP contribution in [0.4, 0.5) is 26.3 Å². The predicted molar refractivity (Wildman–Crippen MR) is 68.0 cm³/mol. The van der Waals surface area contributed by atoms with Gasteiger partial charge in [-0.05, 0) is 41.5 Å². The molecule has 0 radical (unpaired) electrons. The standard InChI is InChI=1S/C15H8F6O2/c16-14(17,18)10-3-9(4-11(6-10)15(19,20)21)8-1-2-12-13(5-8)23-7-22-12/h1-6H,7H2. The van der Waals surface area contributed by atoms with Gasteiger partial charge in [0.15, 0.2) is 11.5 Å². The molecule has 0 fully saturated rings. The van der Waals surface area contributed by atoms with Crippen LogP contribution in [0.15, 0.2) is 36.4 Å². The molecule has 0 atom stereocenters. The lowest BCUT2D eigenvalue weighted by molar-refractivity contribution is -0.143. The molecule has 0 spiro atoms. The number of hydrogen-bond acceptors (Lipinski definition) is 2. The van der Waals surface area contributed by atoms with Gasteiger partial charge in [0.1, 0.15) is 0 Å². The molecule has 8 heteroatoms. The van der Waals surface area contributed by atoms with Crippen LogP contribution in [0.25, 0.3) is 11.1 Å². The summed E-state index contributed by atoms with van der Waals surface area (Å²) in [5, 5.41) is 0. The molecule has 2 nitrogen and oxygen atoms in total. The van der Waals surface area contributed by atoms with Crippen LogP contribution in [0.2, 0.25) is 0 Å². The predicted octanol–water partition coefficient (Wildman–Crippen LogP) is 5.12. The summed E-state index contributed by atoms with van der Waals surface area (Å²) in [5.74, 6) is 0.658. The van der Waals surface area contributed by atoms with Crippen molar-refractivity contribution in [3.8, 4) is 22.6 Å². The molecule has 0 bridgehead atoms. The van der Waals surface area contributed by atoms with Crippen LogP contribution in [-0.4, -0.2) is 6.79 Å². The van der Waals surface area contributed by atoms with Crippen LogP contribution in [0, 0.1) is 0 Å². The zero-order valence-corrected chi connectivity index (χ0v) is 11.3. The fourth-order valence-corrected chi connectivity index (χ4v) is 2.20. The second-order valence-corrected chi connectivity index (χ2v) is 4.86. The Morgan fingerprint density at radius 3 is 1.78 bits per heavy atom. The van der Waals surface area contributed by atoms with Crippen molar-refractivity contribution in [3.63, 3.8) is 0 Å². The molecule has 0 N–H and O–H groups in total. The van der Waals surface area contributed by atoms with Crippen molar-refractivity contribution in [1.29, 1.82) is 0 Å². The average Bonchev–Trinajstić information content (AvgIpc) is 2.92. The molecule has 122 valence electrons. The summed E-state index contributed by atoms with van der Waals surface area (Å²) in [4.78, 5) is 0. The molecule has 1 aliphatic rings. The number of fused-ring (bicyclic) bond motifs is 1. The van der Waals surface area contributed by atoms with Crippen molar-refractivity contribution in [2.24, 2.45) is 0 Å². The third-order valence-corrected chi connectivity index (χ3v) is 3.29. The van der Waals surface area contributed by atoms with Crippen molar-refractivity contribution >= 4 is 0 Å². The largest absolute Gasteiger partial charge is 0.454 e. The number of alkyl halides is 6. The maximum absolute atomic E-state index is 12.9. The molecule has 2 aromatic carbocycles. The monoisotopic (exact) mass is 334 g/mol. The topological polar surface area (TPSA) is 18.5 Å². The minimum atomic E-state index is -4.88. The Labute approximate surface area is 126 Å². The van der Waals surface area contributed by atoms with E-state index in [1.54, 1.807) is 0 Å². The minimum absolute atomic E-state index is 0.0464. The Morgan fingerprint density at radius 1 is 0.652 bits per heavy atom. The highest BCUT2D eigenvalue weighted by Gasteiger charge is 2.37. The van der Waals surface area contributed by atoms with E-state index in [1.165, 1.54) is 18.2 Å². The highest BCUT2D eigenvalue weighted by molar-refractivity contribution is 5.69. The Hall–Kier alpha value is -2.38. The Balaban J connectivity index is 2.15. The van der Waals surface area contributed by atoms with Crippen molar-refractivity contribution in [2.75, 3.05) is 6.79 Å². The van der Waals surface area contributed by atoms with Gasteiger partial charge >= 0.3 is 12.4 Å². The van der Waals surface area contributed by atoms with E-state index >= 15 is 0 Å². The van der Waals surface area contributed by atoms with Crippen molar-refractivity contribution in [2.45, 2.75) is 12.4 Å². The van der Waals surface area contributed by atoms with Gasteiger partial charge in [0.25, 0.3) is 0 Å². The SMILES string of the molecule is FC(F)(F)c1cc(-c2ccc3c(c2)OCO3)cc(C(F)(F)F)c1. The number of rotatable bonds is 1. The first-order chi connectivity index (χ1) is 10.6. The lowest BCUT2D eigenvalue weighted by Gasteiger charge is -2.14. The lowest BCUT2D eigenvalue weighted by atomic mass is 9.99. The molecule has 0 saturated carbocycles. The summed E-state index contributed by atoms with van der Waals surface area (Å²) in [6, 6.07) is 5.60. The molecule has 2 aromatic rings. The summed E-state index contributed by atoms with van der Waals surface area (Å²) in [5.41, 5.74) is -2.75. The second kappa shape index (κ2) is 5.07. The highest BCUT2D eigenvalue weighted by Crippen LogP contribution is 2.41. The van der Waals surface area contributed by atoms with E-state index in [4.69, 9.17) is 9.47 Å². The van der Waals surface area contributed by atoms with E-state index in [1.807, 2.05) is 0 Å². The van der Waals surface area contributed by atoms with Gasteiger partial charge in [-0.15, -0.1) is 0 Å². The summed E-state index contributed by atoms with van der Waals surface area (Å²) >= 11 is 0. The molecule has 0 aliphatic carbocycles. The summed E-state index contributed by atoms with van der Waals surface area (Å²) in [6.45, 7) is -0.0464. The van der Waals surface area contributed by atoms with Gasteiger partial charge in [-0.1, -0.05) is 6.07 Å². The third kappa shape index (κ3) is 3.06. The van der Waals surface area contributed by atoms with Gasteiger partial charge in [0.05, 0.1) is 11.1 Å². The van der Waals surface area contributed by atoms with Crippen molar-refractivity contribution in [3.05, 3.63) is 47.5 Å². The van der Waals surface area contributed by atoms with Crippen LogP contribution >= 0.6 is 0 Å². The van der Waals surface area contributed by atoms with Gasteiger partial charge in [-0.25, -0.2) is 0 Å². The van der Waals surface area contributed by atoms with Crippen LogP contribution in [-0.2, 0) is 12.4 Å². The first kappa shape index (κ1) is 15.5. The molecule has 1 aliphatic heterocycles. The second-order valence-electron chi connectivity index (χ2n) is 4.86. The van der Waals surface area contributed by atoms with E-state index < -0.39 is 23.5 Å². The lowest BCUT2D eigenvalue weighted by Crippen LogP contribution is -2.11. The molecule has 0 amide bonds. The van der Waals surface area contributed by atoms with Crippen LogP contribution in [0.5, 0.6) is 11.5 Å². The molecule has 1 heterocycles. The molecule has 0 aromatic heterocycles. The molecule has 0 unspecified atom stereocenters. The van der Waals surface area contributed by atoms with Crippen LogP contribution in [0.3, 0.4) is 0 Å². The van der Waals surface area contributed by atoms with Crippen LogP contribution < -0.4 is 9.47 Å². The van der Waals surface area contributed by atoms with Crippen molar-refractivity contribution in [1.82, 2.24) is 0 Å². The Kier molecular flexibility index (Phi) is 3.42. The Bertz CT molecular complexity index is 716. The quantitative estimate of drug-likeness (QED) is 0.674. The number of benzene rings is 2. The van der Waals surface area contributed by atoms with E-state index in [-0.39, 0.29) is 29.7 Å². The first-order valence-corrected chi connectivity index (χ1v) is 6.34. The molecule has 0 saturated heterocycles. The van der Waals surface area contributed by atoms with E-state index in [2.05, 4.69) is 0 Å². The smallest absolute Gasteiger partial charge is 0.416 e. The Morgan fingerprint density at radius 2 is 1.22 bits per heavy atom. The maximum Gasteiger partial charge on any atom is 0.416 e. The molecule has 3 rings (SSSR count). The fourth-order valence-electron chi connectivity index (χ4n) is 2.20. The third-order valence-electron chi connectivity index (χ3n) is 3.29. The van der Waals surface area contributed by atoms with Gasteiger partial charge in [-0.2, -0.15) is 26.3 Å². The molecule has 23 heavy (non-hydrogen) atoms. The number of ether oxygens (including phenoxy) is 2. The fraction of sp³-hybridized carbons (Fsp3) is 0.200. The maximum atomic E-state index is 12.9. The summed E-state index contributed by atoms with van der Waals surface area (Å²) in [7, 11) is 0. The van der Waals surface area contributed by atoms with Crippen molar-refractivity contribution < 1.29 is 35.8 Å². The van der Waals surface area contributed by atoms with Gasteiger partial charge < -0.3 is 9.47 Å². The van der Waals surface area contributed by atoms with E-state index in [9.17, 15) is 26.3 Å². The molecular formula is C15H8F6O2. The minimum Gasteiger partial charge on any atom is -0.454 e. The zero-order chi connectivity index (χ0) is 16.8. The molecular weight excluding hydrogens is 326 g/mol. The van der Waals surface area contributed by atoms with Gasteiger partial charge in [-0.3, -0.25) is 0 Å². The van der Waals surface area contributed by atoms with E-state index in [0.717, 1.165) is 0 Å². The highest BCUT2D eigenvalue weighted by atomic mass is 19.4. The first-order valence-electron chi connectivity index (χ1n) is 6.34. The number of halogens is 6. The van der Waals surface area contributed by atoms with Gasteiger partial charge in [0.2, 0.25) is 6.79 Å². The average molecular weight is 334 g/mol. The van der Waals surface area contributed by atoms with E-state index in [0.29, 0.717) is 17.9 Å².